The van der Waals surface area contributed by atoms with Crippen molar-refractivity contribution in [2.24, 2.45) is 0 Å². The van der Waals surface area contributed by atoms with E-state index in [1.165, 1.54) is 6.26 Å². The molecule has 1 atom stereocenters. The first-order valence-corrected chi connectivity index (χ1v) is 7.65. The molecule has 96 valence electrons. The normalized spacial score (nSPS) is 13.6. The first-order chi connectivity index (χ1) is 7.90. The fourth-order valence-corrected chi connectivity index (χ4v) is 2.26. The van der Waals surface area contributed by atoms with Crippen molar-refractivity contribution >= 4 is 9.84 Å². The van der Waals surface area contributed by atoms with Gasteiger partial charge in [-0.3, -0.25) is 9.97 Å². The van der Waals surface area contributed by atoms with Crippen LogP contribution in [0.4, 0.5) is 0 Å². The molecule has 1 aromatic rings. The zero-order valence-electron chi connectivity index (χ0n) is 10.5. The van der Waals surface area contributed by atoms with E-state index < -0.39 is 9.84 Å². The Kier molecular flexibility index (Phi) is 5.02. The van der Waals surface area contributed by atoms with Crippen LogP contribution >= 0.6 is 0 Å². The van der Waals surface area contributed by atoms with E-state index in [9.17, 15) is 8.42 Å². The summed E-state index contributed by atoms with van der Waals surface area (Å²) in [6.45, 7) is 4.57. The van der Waals surface area contributed by atoms with Gasteiger partial charge >= 0.3 is 0 Å². The van der Waals surface area contributed by atoms with E-state index in [4.69, 9.17) is 0 Å². The lowest BCUT2D eigenvalue weighted by molar-refractivity contribution is 0.548. The molecule has 1 rings (SSSR count). The Labute approximate surface area is 103 Å². The van der Waals surface area contributed by atoms with Crippen molar-refractivity contribution in [1.29, 1.82) is 0 Å². The third-order valence-corrected chi connectivity index (χ3v) is 3.50. The summed E-state index contributed by atoms with van der Waals surface area (Å²) in [7, 11) is -2.86. The molecule has 0 aliphatic rings. The molecule has 0 radical (unpaired) electrons. The highest BCUT2D eigenvalue weighted by Gasteiger charge is 2.09. The minimum atomic E-state index is -2.86. The van der Waals surface area contributed by atoms with E-state index in [-0.39, 0.29) is 11.8 Å². The molecule has 0 saturated heterocycles. The van der Waals surface area contributed by atoms with Gasteiger partial charge in [0.25, 0.3) is 0 Å². The van der Waals surface area contributed by atoms with Gasteiger partial charge in [-0.05, 0) is 26.8 Å². The largest absolute Gasteiger partial charge is 0.309 e. The van der Waals surface area contributed by atoms with Gasteiger partial charge in [0.1, 0.15) is 9.84 Å². The van der Waals surface area contributed by atoms with Crippen LogP contribution in [0.2, 0.25) is 0 Å². The molecular weight excluding hydrogens is 238 g/mol. The molecule has 0 amide bonds. The molecule has 0 fully saturated rings. The third kappa shape index (κ3) is 5.23. The molecule has 0 aliphatic carbocycles. The highest BCUT2D eigenvalue weighted by atomic mass is 32.2. The van der Waals surface area contributed by atoms with E-state index in [0.29, 0.717) is 13.0 Å². The van der Waals surface area contributed by atoms with Gasteiger partial charge in [0, 0.05) is 24.7 Å². The maximum atomic E-state index is 10.9. The van der Waals surface area contributed by atoms with Crippen LogP contribution in [0, 0.1) is 6.92 Å². The summed E-state index contributed by atoms with van der Waals surface area (Å²) in [5.74, 6) is 0.214. The predicted molar refractivity (Wildman–Crippen MR) is 67.5 cm³/mol. The summed E-state index contributed by atoms with van der Waals surface area (Å²) in [4.78, 5) is 8.43. The van der Waals surface area contributed by atoms with Crippen LogP contribution in [-0.2, 0) is 9.84 Å². The van der Waals surface area contributed by atoms with Gasteiger partial charge in [-0.15, -0.1) is 0 Å². The molecule has 5 nitrogen and oxygen atoms in total. The number of aryl methyl sites for hydroxylation is 1. The van der Waals surface area contributed by atoms with E-state index in [2.05, 4.69) is 15.3 Å². The number of sulfone groups is 1. The summed E-state index contributed by atoms with van der Waals surface area (Å²) < 4.78 is 21.9. The van der Waals surface area contributed by atoms with Crippen molar-refractivity contribution in [3.05, 3.63) is 23.8 Å². The van der Waals surface area contributed by atoms with Crippen LogP contribution in [0.25, 0.3) is 0 Å². The average Bonchev–Trinajstić information content (AvgIpc) is 2.23. The smallest absolute Gasteiger partial charge is 0.147 e. The van der Waals surface area contributed by atoms with Crippen LogP contribution in [-0.4, -0.2) is 36.9 Å². The van der Waals surface area contributed by atoms with Crippen LogP contribution in [0.3, 0.4) is 0 Å². The standard InChI is InChI=1S/C11H19N3O2S/c1-9(11-10(2)13-6-7-14-11)12-5-4-8-17(3,15)16/h6-7,9,12H,4-5,8H2,1-3H3. The van der Waals surface area contributed by atoms with E-state index in [1.54, 1.807) is 12.4 Å². The van der Waals surface area contributed by atoms with Crippen molar-refractivity contribution in [1.82, 2.24) is 15.3 Å². The van der Waals surface area contributed by atoms with Crippen molar-refractivity contribution in [3.63, 3.8) is 0 Å². The van der Waals surface area contributed by atoms with Gasteiger partial charge in [-0.2, -0.15) is 0 Å². The highest BCUT2D eigenvalue weighted by Crippen LogP contribution is 2.11. The van der Waals surface area contributed by atoms with Crippen LogP contribution in [0.1, 0.15) is 30.8 Å². The molecule has 6 heteroatoms. The second-order valence-corrected chi connectivity index (χ2v) is 6.45. The topological polar surface area (TPSA) is 72.0 Å². The third-order valence-electron chi connectivity index (χ3n) is 2.47. The summed E-state index contributed by atoms with van der Waals surface area (Å²) in [6, 6.07) is 0.0864. The van der Waals surface area contributed by atoms with E-state index >= 15 is 0 Å². The summed E-state index contributed by atoms with van der Waals surface area (Å²) in [5.41, 5.74) is 1.81. The SMILES string of the molecule is Cc1nccnc1C(C)NCCCS(C)(=O)=O. The van der Waals surface area contributed by atoms with Gasteiger partial charge in [0.2, 0.25) is 0 Å². The number of hydrogen-bond donors (Lipinski definition) is 1. The summed E-state index contributed by atoms with van der Waals surface area (Å²) in [6.07, 6.45) is 5.19. The van der Waals surface area contributed by atoms with Crippen molar-refractivity contribution < 1.29 is 8.42 Å². The lowest BCUT2D eigenvalue weighted by Crippen LogP contribution is -2.23. The minimum absolute atomic E-state index is 0.0864. The second-order valence-electron chi connectivity index (χ2n) is 4.19. The maximum Gasteiger partial charge on any atom is 0.147 e. The zero-order valence-corrected chi connectivity index (χ0v) is 11.3. The fourth-order valence-electron chi connectivity index (χ4n) is 1.59. The van der Waals surface area contributed by atoms with Gasteiger partial charge in [0.15, 0.2) is 0 Å². The second kappa shape index (κ2) is 6.07. The molecule has 0 aromatic carbocycles. The van der Waals surface area contributed by atoms with Crippen LogP contribution < -0.4 is 5.32 Å². The monoisotopic (exact) mass is 257 g/mol. The maximum absolute atomic E-state index is 10.9. The Morgan fingerprint density at radius 2 is 2.00 bits per heavy atom. The van der Waals surface area contributed by atoms with E-state index in [0.717, 1.165) is 11.4 Å². The Balaban J connectivity index is 2.41. The van der Waals surface area contributed by atoms with Crippen molar-refractivity contribution in [2.45, 2.75) is 26.3 Å². The van der Waals surface area contributed by atoms with Gasteiger partial charge in [-0.1, -0.05) is 0 Å². The van der Waals surface area contributed by atoms with E-state index in [1.807, 2.05) is 13.8 Å². The van der Waals surface area contributed by atoms with Crippen molar-refractivity contribution in [2.75, 3.05) is 18.6 Å². The van der Waals surface area contributed by atoms with Crippen LogP contribution in [0.15, 0.2) is 12.4 Å². The van der Waals surface area contributed by atoms with Gasteiger partial charge in [-0.25, -0.2) is 8.42 Å². The van der Waals surface area contributed by atoms with Gasteiger partial charge < -0.3 is 5.32 Å². The lowest BCUT2D eigenvalue weighted by atomic mass is 10.2. The molecule has 17 heavy (non-hydrogen) atoms. The number of nitrogens with zero attached hydrogens (tertiary/aromatic N) is 2. The Hall–Kier alpha value is -1.01. The molecule has 1 heterocycles. The first kappa shape index (κ1) is 14.1. The van der Waals surface area contributed by atoms with Gasteiger partial charge in [0.05, 0.1) is 17.1 Å². The predicted octanol–water partition coefficient (Wildman–Crippen LogP) is 0.870. The Bertz CT molecular complexity index is 460. The number of aromatic nitrogens is 2. The minimum Gasteiger partial charge on any atom is -0.309 e. The first-order valence-electron chi connectivity index (χ1n) is 5.59. The molecule has 0 spiro atoms. The number of nitrogens with one attached hydrogen (secondary N) is 1. The Morgan fingerprint density at radius 1 is 1.35 bits per heavy atom. The molecule has 0 bridgehead atoms. The molecule has 1 aromatic heterocycles. The number of rotatable bonds is 6. The zero-order chi connectivity index (χ0) is 12.9. The molecule has 0 aliphatic heterocycles. The lowest BCUT2D eigenvalue weighted by Gasteiger charge is -2.14. The average molecular weight is 257 g/mol. The highest BCUT2D eigenvalue weighted by molar-refractivity contribution is 7.90. The summed E-state index contributed by atoms with van der Waals surface area (Å²) in [5, 5.41) is 3.25. The number of hydrogen-bond acceptors (Lipinski definition) is 5. The molecule has 1 unspecified atom stereocenters. The Morgan fingerprint density at radius 3 is 2.59 bits per heavy atom. The fraction of sp³-hybridized carbons (Fsp3) is 0.636. The quantitative estimate of drug-likeness (QED) is 0.766. The van der Waals surface area contributed by atoms with Crippen LogP contribution in [0.5, 0.6) is 0 Å². The molecule has 0 saturated carbocycles. The molecular formula is C11H19N3O2S. The van der Waals surface area contributed by atoms with Crippen molar-refractivity contribution in [3.8, 4) is 0 Å². The summed E-state index contributed by atoms with van der Waals surface area (Å²) >= 11 is 0. The molecule has 1 N–H and O–H groups in total.